The SMILES string of the molecule is COc1ccc(F)c(C(C)C)c1Cl. The van der Waals surface area contributed by atoms with Gasteiger partial charge >= 0.3 is 0 Å². The Labute approximate surface area is 82.5 Å². The molecule has 0 radical (unpaired) electrons. The highest BCUT2D eigenvalue weighted by atomic mass is 35.5. The molecule has 0 aliphatic rings. The lowest BCUT2D eigenvalue weighted by Crippen LogP contribution is -1.96. The number of benzene rings is 1. The van der Waals surface area contributed by atoms with E-state index >= 15 is 0 Å². The first-order valence-corrected chi connectivity index (χ1v) is 4.47. The number of rotatable bonds is 2. The van der Waals surface area contributed by atoms with E-state index in [1.807, 2.05) is 13.8 Å². The van der Waals surface area contributed by atoms with E-state index in [2.05, 4.69) is 0 Å². The van der Waals surface area contributed by atoms with Gasteiger partial charge in [-0.1, -0.05) is 25.4 Å². The summed E-state index contributed by atoms with van der Waals surface area (Å²) in [5.74, 6) is 0.301. The summed E-state index contributed by atoms with van der Waals surface area (Å²) in [4.78, 5) is 0. The van der Waals surface area contributed by atoms with E-state index in [9.17, 15) is 4.39 Å². The van der Waals surface area contributed by atoms with Crippen LogP contribution < -0.4 is 4.74 Å². The topological polar surface area (TPSA) is 9.23 Å². The van der Waals surface area contributed by atoms with Crippen molar-refractivity contribution in [2.24, 2.45) is 0 Å². The van der Waals surface area contributed by atoms with Crippen molar-refractivity contribution in [3.05, 3.63) is 28.5 Å². The second-order valence-electron chi connectivity index (χ2n) is 3.13. The lowest BCUT2D eigenvalue weighted by molar-refractivity contribution is 0.412. The quantitative estimate of drug-likeness (QED) is 0.712. The maximum atomic E-state index is 13.3. The summed E-state index contributed by atoms with van der Waals surface area (Å²) < 4.78 is 18.3. The zero-order chi connectivity index (χ0) is 10.0. The molecule has 0 atom stereocenters. The van der Waals surface area contributed by atoms with E-state index in [1.54, 1.807) is 0 Å². The van der Waals surface area contributed by atoms with Crippen LogP contribution in [0.15, 0.2) is 12.1 Å². The Bertz CT molecular complexity index is 310. The van der Waals surface area contributed by atoms with Gasteiger partial charge in [0, 0.05) is 5.56 Å². The van der Waals surface area contributed by atoms with Crippen LogP contribution in [0.25, 0.3) is 0 Å². The molecule has 0 saturated heterocycles. The van der Waals surface area contributed by atoms with E-state index in [4.69, 9.17) is 16.3 Å². The number of hydrogen-bond acceptors (Lipinski definition) is 1. The van der Waals surface area contributed by atoms with Crippen molar-refractivity contribution < 1.29 is 9.13 Å². The predicted octanol–water partition coefficient (Wildman–Crippen LogP) is 3.61. The largest absolute Gasteiger partial charge is 0.495 e. The molecule has 0 spiro atoms. The van der Waals surface area contributed by atoms with Crippen LogP contribution in [0.4, 0.5) is 4.39 Å². The summed E-state index contributed by atoms with van der Waals surface area (Å²) in [5, 5.41) is 0.373. The molecule has 0 saturated carbocycles. The maximum absolute atomic E-state index is 13.3. The molecule has 0 unspecified atom stereocenters. The minimum absolute atomic E-state index is 0.0580. The fraction of sp³-hybridized carbons (Fsp3) is 0.400. The third kappa shape index (κ3) is 1.94. The molecule has 0 aliphatic heterocycles. The Morgan fingerprint density at radius 3 is 2.46 bits per heavy atom. The van der Waals surface area contributed by atoms with Gasteiger partial charge in [0.1, 0.15) is 11.6 Å². The first-order chi connectivity index (χ1) is 6.07. The minimum atomic E-state index is -0.277. The number of halogens is 2. The molecule has 0 amide bonds. The molecule has 1 nitrogen and oxygen atoms in total. The van der Waals surface area contributed by atoms with Crippen molar-refractivity contribution in [1.82, 2.24) is 0 Å². The van der Waals surface area contributed by atoms with Gasteiger partial charge in [-0.25, -0.2) is 4.39 Å². The third-order valence-corrected chi connectivity index (χ3v) is 2.28. The highest BCUT2D eigenvalue weighted by molar-refractivity contribution is 6.32. The van der Waals surface area contributed by atoms with Crippen molar-refractivity contribution in [3.8, 4) is 5.75 Å². The Morgan fingerprint density at radius 2 is 2.00 bits per heavy atom. The van der Waals surface area contributed by atoms with Crippen LogP contribution in [0.1, 0.15) is 25.3 Å². The van der Waals surface area contributed by atoms with Crippen molar-refractivity contribution in [2.75, 3.05) is 7.11 Å². The Kier molecular flexibility index (Phi) is 3.15. The molecule has 0 N–H and O–H groups in total. The first-order valence-electron chi connectivity index (χ1n) is 4.09. The van der Waals surface area contributed by atoms with Gasteiger partial charge in [0.25, 0.3) is 0 Å². The Morgan fingerprint density at radius 1 is 1.38 bits per heavy atom. The average Bonchev–Trinajstić information content (AvgIpc) is 2.04. The summed E-state index contributed by atoms with van der Waals surface area (Å²) in [5.41, 5.74) is 0.515. The lowest BCUT2D eigenvalue weighted by Gasteiger charge is -2.12. The van der Waals surface area contributed by atoms with Gasteiger partial charge in [0.2, 0.25) is 0 Å². The molecule has 13 heavy (non-hydrogen) atoms. The lowest BCUT2D eigenvalue weighted by atomic mass is 10.0. The standard InChI is InChI=1S/C10H12ClFO/c1-6(2)9-7(12)4-5-8(13-3)10(9)11/h4-6H,1-3H3. The third-order valence-electron chi connectivity index (χ3n) is 1.89. The van der Waals surface area contributed by atoms with Crippen molar-refractivity contribution in [2.45, 2.75) is 19.8 Å². The zero-order valence-corrected chi connectivity index (χ0v) is 8.65. The van der Waals surface area contributed by atoms with Gasteiger partial charge in [-0.05, 0) is 18.1 Å². The van der Waals surface area contributed by atoms with Gasteiger partial charge in [-0.15, -0.1) is 0 Å². The molecule has 0 fully saturated rings. The molecule has 1 rings (SSSR count). The zero-order valence-electron chi connectivity index (χ0n) is 7.90. The first kappa shape index (κ1) is 10.3. The summed E-state index contributed by atoms with van der Waals surface area (Å²) in [6, 6.07) is 2.91. The van der Waals surface area contributed by atoms with Crippen molar-refractivity contribution in [1.29, 1.82) is 0 Å². The van der Waals surface area contributed by atoms with E-state index in [1.165, 1.54) is 19.2 Å². The second-order valence-corrected chi connectivity index (χ2v) is 3.51. The highest BCUT2D eigenvalue weighted by Gasteiger charge is 2.14. The smallest absolute Gasteiger partial charge is 0.137 e. The van der Waals surface area contributed by atoms with E-state index < -0.39 is 0 Å². The Balaban J connectivity index is 3.30. The summed E-state index contributed by atoms with van der Waals surface area (Å²) in [6.45, 7) is 3.79. The highest BCUT2D eigenvalue weighted by Crippen LogP contribution is 2.34. The molecule has 0 aromatic heterocycles. The van der Waals surface area contributed by atoms with E-state index in [0.29, 0.717) is 16.3 Å². The van der Waals surface area contributed by atoms with Gasteiger partial charge < -0.3 is 4.74 Å². The van der Waals surface area contributed by atoms with E-state index in [0.717, 1.165) is 0 Å². The van der Waals surface area contributed by atoms with Crippen LogP contribution >= 0.6 is 11.6 Å². The van der Waals surface area contributed by atoms with Crippen molar-refractivity contribution >= 4 is 11.6 Å². The number of methoxy groups -OCH3 is 1. The van der Waals surface area contributed by atoms with Crippen LogP contribution in [0, 0.1) is 5.82 Å². The van der Waals surface area contributed by atoms with Gasteiger partial charge in [-0.3, -0.25) is 0 Å². The molecule has 0 bridgehead atoms. The molecule has 0 heterocycles. The molecule has 1 aromatic carbocycles. The summed E-state index contributed by atoms with van der Waals surface area (Å²) in [7, 11) is 1.52. The van der Waals surface area contributed by atoms with Crippen LogP contribution in [0.3, 0.4) is 0 Å². The minimum Gasteiger partial charge on any atom is -0.495 e. The van der Waals surface area contributed by atoms with Crippen LogP contribution in [0.5, 0.6) is 5.75 Å². The summed E-state index contributed by atoms with van der Waals surface area (Å²) >= 11 is 5.94. The fourth-order valence-electron chi connectivity index (χ4n) is 1.24. The second kappa shape index (κ2) is 3.97. The summed E-state index contributed by atoms with van der Waals surface area (Å²) in [6.07, 6.45) is 0. The van der Waals surface area contributed by atoms with Crippen LogP contribution in [-0.4, -0.2) is 7.11 Å². The normalized spacial score (nSPS) is 10.6. The number of ether oxygens (including phenoxy) is 1. The van der Waals surface area contributed by atoms with Gasteiger partial charge in [0.15, 0.2) is 0 Å². The van der Waals surface area contributed by atoms with E-state index in [-0.39, 0.29) is 11.7 Å². The Hall–Kier alpha value is -0.760. The fourth-order valence-corrected chi connectivity index (χ4v) is 1.68. The van der Waals surface area contributed by atoms with Gasteiger partial charge in [-0.2, -0.15) is 0 Å². The maximum Gasteiger partial charge on any atom is 0.137 e. The molecule has 3 heteroatoms. The molecule has 1 aromatic rings. The van der Waals surface area contributed by atoms with Crippen LogP contribution in [-0.2, 0) is 0 Å². The van der Waals surface area contributed by atoms with Crippen molar-refractivity contribution in [3.63, 3.8) is 0 Å². The number of hydrogen-bond donors (Lipinski definition) is 0. The molecule has 0 aliphatic carbocycles. The average molecular weight is 203 g/mol. The van der Waals surface area contributed by atoms with Crippen LogP contribution in [0.2, 0.25) is 5.02 Å². The molecule has 72 valence electrons. The molecular weight excluding hydrogens is 191 g/mol. The monoisotopic (exact) mass is 202 g/mol. The van der Waals surface area contributed by atoms with Gasteiger partial charge in [0.05, 0.1) is 12.1 Å². The predicted molar refractivity (Wildman–Crippen MR) is 52.1 cm³/mol. The molecular formula is C10H12ClFO.